The number of benzene rings is 1. The first-order valence-electron chi connectivity index (χ1n) is 11.4. The maximum atomic E-state index is 13.0. The average Bonchev–Trinajstić information content (AvgIpc) is 2.78. The Kier molecular flexibility index (Phi) is 5.71. The molecule has 0 radical (unpaired) electrons. The van der Waals surface area contributed by atoms with Crippen molar-refractivity contribution in [1.82, 2.24) is 10.2 Å². The molecule has 0 aromatic heterocycles. The number of piperidine rings is 1. The summed E-state index contributed by atoms with van der Waals surface area (Å²) in [6, 6.07) is 8.01. The standard InChI is InChI=1S/C24H30N2O5/c27-22-15-29-16-24(25-22)11-3-12-26-21(24)14-31-19-8-6-18(7-9-19)20-5-2-1-4-17(20)10-13-30-23(26)28/h1-2,4-5,10,13,18-19,21H,3,6-9,11-12,14-16H2,(H,25,27)/b13-10-. The Hall–Kier alpha value is -2.38. The minimum absolute atomic E-state index is 0.0614. The van der Waals surface area contributed by atoms with Crippen LogP contribution in [0.5, 0.6) is 0 Å². The van der Waals surface area contributed by atoms with Crippen LogP contribution in [0.3, 0.4) is 0 Å². The third-order valence-electron chi connectivity index (χ3n) is 7.27. The molecule has 1 spiro atoms. The fourth-order valence-corrected chi connectivity index (χ4v) is 5.68. The molecule has 6 rings (SSSR count). The van der Waals surface area contributed by atoms with E-state index in [-0.39, 0.29) is 24.7 Å². The molecule has 2 saturated heterocycles. The predicted octanol–water partition coefficient (Wildman–Crippen LogP) is 3.20. The number of ether oxygens (including phenoxy) is 3. The number of rotatable bonds is 0. The van der Waals surface area contributed by atoms with Gasteiger partial charge in [0.05, 0.1) is 37.2 Å². The Balaban J connectivity index is 1.46. The minimum Gasteiger partial charge on any atom is -0.418 e. The highest BCUT2D eigenvalue weighted by atomic mass is 16.5. The molecular weight excluding hydrogens is 396 g/mol. The van der Waals surface area contributed by atoms with Gasteiger partial charge in [0.25, 0.3) is 0 Å². The van der Waals surface area contributed by atoms with Crippen molar-refractivity contribution in [3.05, 3.63) is 41.7 Å². The summed E-state index contributed by atoms with van der Waals surface area (Å²) in [6.45, 7) is 1.38. The molecule has 3 fully saturated rings. The van der Waals surface area contributed by atoms with E-state index in [0.29, 0.717) is 25.7 Å². The number of nitrogens with one attached hydrogen (secondary N) is 1. The van der Waals surface area contributed by atoms with Gasteiger partial charge in [-0.1, -0.05) is 24.3 Å². The summed E-state index contributed by atoms with van der Waals surface area (Å²) in [6.07, 6.45) is 8.81. The number of hydrogen-bond acceptors (Lipinski definition) is 5. The first kappa shape index (κ1) is 20.5. The third-order valence-corrected chi connectivity index (χ3v) is 7.27. The predicted molar refractivity (Wildman–Crippen MR) is 114 cm³/mol. The number of fused-ring (bicyclic) bond motifs is 5. The molecular formula is C24H30N2O5. The summed E-state index contributed by atoms with van der Waals surface area (Å²) in [5, 5.41) is 3.13. The summed E-state index contributed by atoms with van der Waals surface area (Å²) in [5.74, 6) is 0.348. The summed E-state index contributed by atoms with van der Waals surface area (Å²) in [7, 11) is 0. The van der Waals surface area contributed by atoms with Crippen molar-refractivity contribution < 1.29 is 23.8 Å². The van der Waals surface area contributed by atoms with Crippen molar-refractivity contribution in [3.8, 4) is 0 Å². The summed E-state index contributed by atoms with van der Waals surface area (Å²) in [4.78, 5) is 26.9. The highest BCUT2D eigenvalue weighted by Crippen LogP contribution is 2.37. The molecule has 5 aliphatic rings. The second-order valence-electron chi connectivity index (χ2n) is 9.13. The molecule has 1 aromatic rings. The smallest absolute Gasteiger partial charge is 0.415 e. The molecule has 1 aliphatic carbocycles. The van der Waals surface area contributed by atoms with Gasteiger partial charge in [-0.15, -0.1) is 0 Å². The second-order valence-corrected chi connectivity index (χ2v) is 9.13. The summed E-state index contributed by atoms with van der Waals surface area (Å²) >= 11 is 0. The van der Waals surface area contributed by atoms with Crippen molar-refractivity contribution >= 4 is 18.1 Å². The topological polar surface area (TPSA) is 77.1 Å². The lowest BCUT2D eigenvalue weighted by atomic mass is 9.80. The molecule has 2 bridgehead atoms. The molecule has 4 aliphatic heterocycles. The van der Waals surface area contributed by atoms with Gasteiger partial charge in [-0.05, 0) is 61.6 Å². The lowest BCUT2D eigenvalue weighted by Gasteiger charge is -2.51. The van der Waals surface area contributed by atoms with E-state index in [1.165, 1.54) is 11.8 Å². The number of hydrogen-bond donors (Lipinski definition) is 1. The number of nitrogens with zero attached hydrogens (tertiary/aromatic N) is 1. The first-order chi connectivity index (χ1) is 15.1. The van der Waals surface area contributed by atoms with Crippen LogP contribution in [0.2, 0.25) is 0 Å². The first-order valence-corrected chi connectivity index (χ1v) is 11.4. The zero-order valence-electron chi connectivity index (χ0n) is 17.8. The lowest BCUT2D eigenvalue weighted by molar-refractivity contribution is -0.143. The zero-order chi connectivity index (χ0) is 21.3. The number of morpholine rings is 1. The van der Waals surface area contributed by atoms with Gasteiger partial charge >= 0.3 is 6.09 Å². The van der Waals surface area contributed by atoms with Gasteiger partial charge in [0, 0.05) is 6.54 Å². The molecule has 31 heavy (non-hydrogen) atoms. The van der Waals surface area contributed by atoms with E-state index in [2.05, 4.69) is 23.5 Å². The van der Waals surface area contributed by atoms with Crippen molar-refractivity contribution in [2.75, 3.05) is 26.4 Å². The Bertz CT molecular complexity index is 859. The van der Waals surface area contributed by atoms with E-state index < -0.39 is 11.6 Å². The van der Waals surface area contributed by atoms with E-state index in [0.717, 1.165) is 44.1 Å². The van der Waals surface area contributed by atoms with Gasteiger partial charge in [0.2, 0.25) is 5.91 Å². The number of carbonyl (C=O) groups is 2. The zero-order valence-corrected chi connectivity index (χ0v) is 17.8. The van der Waals surface area contributed by atoms with Crippen molar-refractivity contribution in [2.45, 2.75) is 62.1 Å². The van der Waals surface area contributed by atoms with Gasteiger partial charge in [-0.3, -0.25) is 4.79 Å². The van der Waals surface area contributed by atoms with Crippen LogP contribution in [-0.4, -0.2) is 61.0 Å². The van der Waals surface area contributed by atoms with Crippen LogP contribution in [0, 0.1) is 0 Å². The van der Waals surface area contributed by atoms with E-state index >= 15 is 0 Å². The molecule has 1 saturated carbocycles. The van der Waals surface area contributed by atoms with Crippen molar-refractivity contribution in [3.63, 3.8) is 0 Å². The van der Waals surface area contributed by atoms with Crippen LogP contribution in [0.25, 0.3) is 6.08 Å². The number of amides is 2. The summed E-state index contributed by atoms with van der Waals surface area (Å²) in [5.41, 5.74) is 1.77. The largest absolute Gasteiger partial charge is 0.418 e. The van der Waals surface area contributed by atoms with E-state index in [4.69, 9.17) is 14.2 Å². The molecule has 166 valence electrons. The van der Waals surface area contributed by atoms with Crippen LogP contribution in [-0.2, 0) is 19.0 Å². The SMILES string of the molecule is O=C1COCC2(CCCN3C(=O)O/C=C\c4ccccc4C4CCC(CC4)OCC32)N1. The van der Waals surface area contributed by atoms with Gasteiger partial charge in [-0.2, -0.15) is 0 Å². The molecule has 7 heteroatoms. The Morgan fingerprint density at radius 2 is 1.94 bits per heavy atom. The molecule has 1 aromatic carbocycles. The normalized spacial score (nSPS) is 34.8. The van der Waals surface area contributed by atoms with Crippen LogP contribution >= 0.6 is 0 Å². The van der Waals surface area contributed by atoms with Crippen LogP contribution in [0.4, 0.5) is 4.79 Å². The third kappa shape index (κ3) is 4.08. The lowest BCUT2D eigenvalue weighted by Crippen LogP contribution is -2.71. The Morgan fingerprint density at radius 3 is 2.77 bits per heavy atom. The fourth-order valence-electron chi connectivity index (χ4n) is 5.68. The molecule has 2 unspecified atom stereocenters. The molecule has 7 nitrogen and oxygen atoms in total. The minimum atomic E-state index is -0.628. The van der Waals surface area contributed by atoms with Crippen LogP contribution in [0.15, 0.2) is 30.5 Å². The fraction of sp³-hybridized carbons (Fsp3) is 0.583. The van der Waals surface area contributed by atoms with Gasteiger partial charge < -0.3 is 24.4 Å². The summed E-state index contributed by atoms with van der Waals surface area (Å²) < 4.78 is 17.5. The molecule has 4 heterocycles. The quantitative estimate of drug-likeness (QED) is 0.689. The average molecular weight is 427 g/mol. The molecule has 2 atom stereocenters. The highest BCUT2D eigenvalue weighted by molar-refractivity contribution is 5.79. The van der Waals surface area contributed by atoms with Crippen molar-refractivity contribution in [1.29, 1.82) is 0 Å². The second kappa shape index (κ2) is 8.63. The van der Waals surface area contributed by atoms with E-state index in [1.54, 1.807) is 4.90 Å². The number of carbonyl (C=O) groups excluding carboxylic acids is 2. The van der Waals surface area contributed by atoms with Gasteiger partial charge in [0.1, 0.15) is 6.61 Å². The van der Waals surface area contributed by atoms with Gasteiger partial charge in [-0.25, -0.2) is 4.79 Å². The Morgan fingerprint density at radius 1 is 1.10 bits per heavy atom. The molecule has 1 N–H and O–H groups in total. The van der Waals surface area contributed by atoms with E-state index in [1.807, 2.05) is 12.1 Å². The van der Waals surface area contributed by atoms with Crippen molar-refractivity contribution in [2.24, 2.45) is 0 Å². The maximum absolute atomic E-state index is 13.0. The Labute approximate surface area is 182 Å². The van der Waals surface area contributed by atoms with Crippen LogP contribution < -0.4 is 5.32 Å². The maximum Gasteiger partial charge on any atom is 0.415 e. The van der Waals surface area contributed by atoms with E-state index in [9.17, 15) is 9.59 Å². The van der Waals surface area contributed by atoms with Gasteiger partial charge in [0.15, 0.2) is 0 Å². The highest BCUT2D eigenvalue weighted by Gasteiger charge is 2.50. The monoisotopic (exact) mass is 426 g/mol. The molecule has 2 amide bonds. The van der Waals surface area contributed by atoms with Crippen LogP contribution in [0.1, 0.15) is 55.6 Å².